The molecule has 0 bridgehead atoms. The van der Waals surface area contributed by atoms with Crippen LogP contribution in [0.2, 0.25) is 0 Å². The van der Waals surface area contributed by atoms with Crippen LogP contribution >= 0.6 is 0 Å². The van der Waals surface area contributed by atoms with Crippen molar-refractivity contribution in [1.82, 2.24) is 30.1 Å². The molecule has 3 N–H and O–H groups in total. The van der Waals surface area contributed by atoms with Crippen molar-refractivity contribution in [3.63, 3.8) is 0 Å². The van der Waals surface area contributed by atoms with Crippen molar-refractivity contribution in [2.75, 3.05) is 12.4 Å². The number of aromatic nitrogens is 6. The summed E-state index contributed by atoms with van der Waals surface area (Å²) in [6.07, 6.45) is 7.14. The van der Waals surface area contributed by atoms with Crippen LogP contribution in [0.1, 0.15) is 12.6 Å². The maximum absolute atomic E-state index is 12.3. The number of pyridine rings is 3. The topological polar surface area (TPSA) is 121 Å². The largest absolute Gasteiger partial charge is 0.481 e. The highest BCUT2D eigenvalue weighted by atomic mass is 16.5. The fourth-order valence-electron chi connectivity index (χ4n) is 3.82. The Morgan fingerprint density at radius 1 is 1.06 bits per heavy atom. The van der Waals surface area contributed by atoms with Crippen LogP contribution in [0.4, 0.5) is 5.82 Å². The Morgan fingerprint density at radius 3 is 2.66 bits per heavy atom. The molecule has 0 aliphatic heterocycles. The molecule has 0 atom stereocenters. The molecule has 0 saturated heterocycles. The lowest BCUT2D eigenvalue weighted by atomic mass is 10.0. The van der Waals surface area contributed by atoms with Gasteiger partial charge in [-0.05, 0) is 49.2 Å². The minimum absolute atomic E-state index is 0.294. The number of rotatable bonds is 6. The summed E-state index contributed by atoms with van der Waals surface area (Å²) in [7, 11) is 1.59. The molecule has 9 nitrogen and oxygen atoms in total. The van der Waals surface area contributed by atoms with Gasteiger partial charge in [0.05, 0.1) is 19.0 Å². The number of nitrogens with one attached hydrogen (secondary N) is 3. The van der Waals surface area contributed by atoms with Gasteiger partial charge < -0.3 is 15.0 Å². The Morgan fingerprint density at radius 2 is 1.91 bits per heavy atom. The molecule has 35 heavy (non-hydrogen) atoms. The summed E-state index contributed by atoms with van der Waals surface area (Å²) in [5.74, 6) is 0.658. The first kappa shape index (κ1) is 22.0. The van der Waals surface area contributed by atoms with Crippen molar-refractivity contribution in [2.24, 2.45) is 0 Å². The lowest BCUT2D eigenvalue weighted by Crippen LogP contribution is -2.13. The summed E-state index contributed by atoms with van der Waals surface area (Å²) in [5.41, 5.74) is 7.21. The molecule has 0 aliphatic carbocycles. The number of ether oxygens (including phenoxy) is 1. The summed E-state index contributed by atoms with van der Waals surface area (Å²) >= 11 is 0. The van der Waals surface area contributed by atoms with Crippen LogP contribution in [0.3, 0.4) is 0 Å². The lowest BCUT2D eigenvalue weighted by molar-refractivity contribution is -0.112. The number of hydrogen-bond acceptors (Lipinski definition) is 6. The molecule has 0 radical (unpaired) electrons. The van der Waals surface area contributed by atoms with E-state index in [-0.39, 0.29) is 5.91 Å². The number of hydrogen-bond donors (Lipinski definition) is 3. The molecule has 5 heterocycles. The predicted molar refractivity (Wildman–Crippen MR) is 135 cm³/mol. The summed E-state index contributed by atoms with van der Waals surface area (Å²) in [5, 5.41) is 10.8. The molecule has 9 heteroatoms. The zero-order chi connectivity index (χ0) is 24.5. The second kappa shape index (κ2) is 8.86. The van der Waals surface area contributed by atoms with Gasteiger partial charge in [0.1, 0.15) is 11.5 Å². The second-order valence-electron chi connectivity index (χ2n) is 8.18. The minimum atomic E-state index is -0.294. The van der Waals surface area contributed by atoms with Crippen molar-refractivity contribution in [1.29, 1.82) is 0 Å². The Hall–Kier alpha value is -4.79. The molecule has 5 rings (SSSR count). The van der Waals surface area contributed by atoms with Crippen molar-refractivity contribution in [3.8, 4) is 39.4 Å². The average molecular weight is 466 g/mol. The van der Waals surface area contributed by atoms with Gasteiger partial charge in [-0.1, -0.05) is 6.58 Å². The van der Waals surface area contributed by atoms with Gasteiger partial charge in [-0.25, -0.2) is 15.0 Å². The summed E-state index contributed by atoms with van der Waals surface area (Å²) < 4.78 is 5.29. The number of amides is 1. The van der Waals surface area contributed by atoms with Crippen LogP contribution in [-0.4, -0.2) is 43.2 Å². The molecule has 0 fully saturated rings. The Balaban J connectivity index is 1.64. The summed E-state index contributed by atoms with van der Waals surface area (Å²) in [4.78, 5) is 29.0. The fraction of sp³-hybridized carbons (Fsp3) is 0.115. The van der Waals surface area contributed by atoms with E-state index >= 15 is 0 Å². The molecule has 0 unspecified atom stereocenters. The second-order valence-corrected chi connectivity index (χ2v) is 8.18. The zero-order valence-corrected chi connectivity index (χ0v) is 19.5. The molecule has 174 valence electrons. The number of carbonyl (C=O) groups is 1. The molecule has 0 spiro atoms. The number of aromatic amines is 2. The standard InChI is InChI=1S/C26H23N7O2/c1-14(2)26(34)32-23-9-17(8-22(31-23)20-13-30-33-15(20)3)18-7-19-21(12-29-25(19)28-11-18)16-5-6-27-24(10-16)35-4/h5-13H,1H2,2-4H3,(H,28,29)(H,30,33)(H,31,32,34). The van der Waals surface area contributed by atoms with Crippen LogP contribution in [0.5, 0.6) is 5.88 Å². The molecular formula is C26H23N7O2. The van der Waals surface area contributed by atoms with Crippen LogP contribution < -0.4 is 10.1 Å². The van der Waals surface area contributed by atoms with Gasteiger partial charge >= 0.3 is 0 Å². The molecule has 5 aromatic rings. The SMILES string of the molecule is C=C(C)C(=O)Nc1cc(-c2cnc3[nH]cc(-c4ccnc(OC)c4)c3c2)cc(-c2cn[nH]c2C)n1. The van der Waals surface area contributed by atoms with E-state index in [1.54, 1.807) is 32.6 Å². The molecule has 1 amide bonds. The lowest BCUT2D eigenvalue weighted by Gasteiger charge is -2.11. The minimum Gasteiger partial charge on any atom is -0.481 e. The average Bonchev–Trinajstić information content (AvgIpc) is 3.49. The van der Waals surface area contributed by atoms with Gasteiger partial charge in [0.25, 0.3) is 5.91 Å². The Bertz CT molecular complexity index is 1580. The van der Waals surface area contributed by atoms with Crippen molar-refractivity contribution in [3.05, 3.63) is 73.0 Å². The highest BCUT2D eigenvalue weighted by molar-refractivity contribution is 6.03. The monoisotopic (exact) mass is 465 g/mol. The van der Waals surface area contributed by atoms with E-state index in [1.165, 1.54) is 0 Å². The number of methoxy groups -OCH3 is 1. The number of aryl methyl sites for hydroxylation is 1. The quantitative estimate of drug-likeness (QED) is 0.306. The third kappa shape index (κ3) is 4.26. The highest BCUT2D eigenvalue weighted by Crippen LogP contribution is 2.34. The summed E-state index contributed by atoms with van der Waals surface area (Å²) in [6, 6.07) is 9.65. The van der Waals surface area contributed by atoms with Gasteiger partial charge in [-0.3, -0.25) is 9.89 Å². The van der Waals surface area contributed by atoms with Gasteiger partial charge in [0.15, 0.2) is 0 Å². The zero-order valence-electron chi connectivity index (χ0n) is 19.5. The molecule has 0 aliphatic rings. The number of anilines is 1. The molecule has 0 saturated carbocycles. The summed E-state index contributed by atoms with van der Waals surface area (Å²) in [6.45, 7) is 7.29. The van der Waals surface area contributed by atoms with Gasteiger partial charge in [-0.2, -0.15) is 5.10 Å². The van der Waals surface area contributed by atoms with E-state index in [1.807, 2.05) is 37.4 Å². The first-order valence-corrected chi connectivity index (χ1v) is 10.9. The molecular weight excluding hydrogens is 442 g/mol. The highest BCUT2D eigenvalue weighted by Gasteiger charge is 2.15. The van der Waals surface area contributed by atoms with Crippen molar-refractivity contribution < 1.29 is 9.53 Å². The Labute approximate surface area is 201 Å². The number of carbonyl (C=O) groups excluding carboxylic acids is 1. The van der Waals surface area contributed by atoms with Gasteiger partial charge in [-0.15, -0.1) is 0 Å². The van der Waals surface area contributed by atoms with Crippen LogP contribution in [-0.2, 0) is 4.79 Å². The van der Waals surface area contributed by atoms with E-state index < -0.39 is 0 Å². The van der Waals surface area contributed by atoms with Gasteiger partial charge in [0, 0.05) is 58.0 Å². The van der Waals surface area contributed by atoms with Crippen LogP contribution in [0.25, 0.3) is 44.5 Å². The first-order chi connectivity index (χ1) is 16.9. The smallest absolute Gasteiger partial charge is 0.251 e. The maximum Gasteiger partial charge on any atom is 0.251 e. The van der Waals surface area contributed by atoms with Crippen LogP contribution in [0, 0.1) is 6.92 Å². The van der Waals surface area contributed by atoms with Crippen molar-refractivity contribution >= 4 is 22.8 Å². The fourth-order valence-corrected chi connectivity index (χ4v) is 3.82. The normalized spacial score (nSPS) is 10.9. The number of fused-ring (bicyclic) bond motifs is 1. The molecule has 0 aromatic carbocycles. The molecule has 5 aromatic heterocycles. The maximum atomic E-state index is 12.3. The van der Waals surface area contributed by atoms with Crippen LogP contribution in [0.15, 0.2) is 67.3 Å². The Kier molecular flexibility index (Phi) is 5.58. The number of nitrogens with zero attached hydrogens (tertiary/aromatic N) is 4. The third-order valence-corrected chi connectivity index (χ3v) is 5.68. The van der Waals surface area contributed by atoms with Gasteiger partial charge in [0.2, 0.25) is 5.88 Å². The van der Waals surface area contributed by atoms with E-state index in [0.717, 1.165) is 44.5 Å². The first-order valence-electron chi connectivity index (χ1n) is 10.9. The van der Waals surface area contributed by atoms with E-state index in [4.69, 9.17) is 4.74 Å². The van der Waals surface area contributed by atoms with E-state index in [2.05, 4.69) is 48.1 Å². The van der Waals surface area contributed by atoms with E-state index in [9.17, 15) is 4.79 Å². The predicted octanol–water partition coefficient (Wildman–Crippen LogP) is 4.91. The number of H-pyrrole nitrogens is 2. The van der Waals surface area contributed by atoms with Crippen molar-refractivity contribution in [2.45, 2.75) is 13.8 Å². The van der Waals surface area contributed by atoms with E-state index in [0.29, 0.717) is 23.0 Å². The third-order valence-electron chi connectivity index (χ3n) is 5.68.